The lowest BCUT2D eigenvalue weighted by Gasteiger charge is -2.29. The topological polar surface area (TPSA) is 68.0 Å². The van der Waals surface area contributed by atoms with Crippen molar-refractivity contribution >= 4 is 39.2 Å². The highest BCUT2D eigenvalue weighted by Gasteiger charge is 2.41. The number of fused-ring (bicyclic) bond motifs is 1. The Balaban J connectivity index is 1.58. The molecule has 21 heavy (non-hydrogen) atoms. The van der Waals surface area contributed by atoms with Gasteiger partial charge < -0.3 is 11.1 Å². The third kappa shape index (κ3) is 3.39. The molecule has 1 aromatic heterocycles. The van der Waals surface area contributed by atoms with Gasteiger partial charge in [-0.05, 0) is 37.8 Å². The summed E-state index contributed by atoms with van der Waals surface area (Å²) in [5, 5.41) is 3.10. The van der Waals surface area contributed by atoms with Gasteiger partial charge in [0, 0.05) is 6.54 Å². The maximum Gasteiger partial charge on any atom is 0.230 e. The van der Waals surface area contributed by atoms with Crippen LogP contribution < -0.4 is 11.1 Å². The minimum absolute atomic E-state index is 0.0408. The molecule has 0 aliphatic heterocycles. The van der Waals surface area contributed by atoms with E-state index in [-0.39, 0.29) is 11.4 Å². The third-order valence-electron chi connectivity index (χ3n) is 3.93. The Bertz CT molecular complexity index is 620. The zero-order chi connectivity index (χ0) is 14.9. The minimum Gasteiger partial charge on any atom is -0.349 e. The van der Waals surface area contributed by atoms with E-state index in [1.165, 1.54) is 24.6 Å². The van der Waals surface area contributed by atoms with Crippen LogP contribution in [0.2, 0.25) is 0 Å². The fraction of sp³-hybridized carbons (Fsp3) is 0.467. The Kier molecular flexibility index (Phi) is 4.19. The highest BCUT2D eigenvalue weighted by Crippen LogP contribution is 2.39. The molecular weight excluding hydrogens is 302 g/mol. The standard InChI is InChI=1S/C15H19N3OS2/c1-15(9-16,10-6-7-10)18-13(19)8-20-14-17-11-4-2-3-5-12(11)21-14/h2-5,10H,6-9,16H2,1H3,(H,18,19). The lowest BCUT2D eigenvalue weighted by atomic mass is 9.96. The van der Waals surface area contributed by atoms with Crippen LogP contribution in [0.15, 0.2) is 28.6 Å². The monoisotopic (exact) mass is 321 g/mol. The molecule has 0 radical (unpaired) electrons. The van der Waals surface area contributed by atoms with Crippen LogP contribution in [-0.4, -0.2) is 28.7 Å². The van der Waals surface area contributed by atoms with Crippen molar-refractivity contribution in [1.29, 1.82) is 0 Å². The van der Waals surface area contributed by atoms with Crippen LogP contribution in [0.5, 0.6) is 0 Å². The molecule has 1 aromatic carbocycles. The summed E-state index contributed by atoms with van der Waals surface area (Å²) >= 11 is 3.12. The van der Waals surface area contributed by atoms with Crippen LogP contribution in [0, 0.1) is 5.92 Å². The summed E-state index contributed by atoms with van der Waals surface area (Å²) in [7, 11) is 0. The number of nitrogens with zero attached hydrogens (tertiary/aromatic N) is 1. The Hall–Kier alpha value is -1.11. The van der Waals surface area contributed by atoms with Gasteiger partial charge in [0.25, 0.3) is 0 Å². The zero-order valence-corrected chi connectivity index (χ0v) is 13.6. The van der Waals surface area contributed by atoms with E-state index in [2.05, 4.69) is 16.4 Å². The SMILES string of the molecule is CC(CN)(NC(=O)CSc1nc2ccccc2s1)C1CC1. The number of rotatable bonds is 6. The van der Waals surface area contributed by atoms with Crippen molar-refractivity contribution < 1.29 is 4.79 Å². The first kappa shape index (κ1) is 14.8. The van der Waals surface area contributed by atoms with Crippen LogP contribution in [0.25, 0.3) is 10.2 Å². The highest BCUT2D eigenvalue weighted by molar-refractivity contribution is 8.01. The van der Waals surface area contributed by atoms with E-state index in [4.69, 9.17) is 5.73 Å². The van der Waals surface area contributed by atoms with Crippen LogP contribution in [0.3, 0.4) is 0 Å². The maximum absolute atomic E-state index is 12.1. The number of nitrogens with two attached hydrogens (primary N) is 1. The molecule has 1 saturated carbocycles. The molecule has 1 fully saturated rings. The van der Waals surface area contributed by atoms with Crippen LogP contribution in [-0.2, 0) is 4.79 Å². The first-order valence-electron chi connectivity index (χ1n) is 7.10. The van der Waals surface area contributed by atoms with Gasteiger partial charge in [0.2, 0.25) is 5.91 Å². The lowest BCUT2D eigenvalue weighted by Crippen LogP contribution is -2.53. The number of nitrogens with one attached hydrogen (secondary N) is 1. The number of benzene rings is 1. The highest BCUT2D eigenvalue weighted by atomic mass is 32.2. The molecule has 0 saturated heterocycles. The molecule has 0 spiro atoms. The van der Waals surface area contributed by atoms with Gasteiger partial charge in [0.05, 0.1) is 21.5 Å². The number of thiazole rings is 1. The molecule has 112 valence electrons. The van der Waals surface area contributed by atoms with E-state index < -0.39 is 0 Å². The predicted molar refractivity (Wildman–Crippen MR) is 88.7 cm³/mol. The summed E-state index contributed by atoms with van der Waals surface area (Å²) in [6, 6.07) is 8.03. The molecule has 1 amide bonds. The fourth-order valence-corrected chi connectivity index (χ4v) is 4.30. The summed E-state index contributed by atoms with van der Waals surface area (Å²) in [6.07, 6.45) is 2.33. The number of hydrogen-bond acceptors (Lipinski definition) is 5. The number of para-hydroxylation sites is 1. The van der Waals surface area contributed by atoms with Crippen LogP contribution >= 0.6 is 23.1 Å². The zero-order valence-electron chi connectivity index (χ0n) is 12.0. The molecule has 1 aliphatic rings. The van der Waals surface area contributed by atoms with Gasteiger partial charge in [-0.2, -0.15) is 0 Å². The van der Waals surface area contributed by atoms with E-state index in [1.54, 1.807) is 11.3 Å². The molecule has 3 rings (SSSR count). The average molecular weight is 321 g/mol. The number of thioether (sulfide) groups is 1. The molecule has 0 bridgehead atoms. The fourth-order valence-electron chi connectivity index (χ4n) is 2.43. The van der Waals surface area contributed by atoms with Gasteiger partial charge in [0.1, 0.15) is 0 Å². The number of aromatic nitrogens is 1. The average Bonchev–Trinajstić information content (AvgIpc) is 3.25. The molecule has 3 N–H and O–H groups in total. The second-order valence-corrected chi connectivity index (χ2v) is 7.93. The molecular formula is C15H19N3OS2. The van der Waals surface area contributed by atoms with Crippen LogP contribution in [0.4, 0.5) is 0 Å². The van der Waals surface area contributed by atoms with Gasteiger partial charge in [-0.3, -0.25) is 4.79 Å². The van der Waals surface area contributed by atoms with E-state index >= 15 is 0 Å². The van der Waals surface area contributed by atoms with Crippen molar-refractivity contribution in [3.63, 3.8) is 0 Å². The molecule has 6 heteroatoms. The van der Waals surface area contributed by atoms with E-state index in [9.17, 15) is 4.79 Å². The van der Waals surface area contributed by atoms with Crippen molar-refractivity contribution in [3.8, 4) is 0 Å². The van der Waals surface area contributed by atoms with Gasteiger partial charge in [-0.1, -0.05) is 23.9 Å². The van der Waals surface area contributed by atoms with E-state index in [0.29, 0.717) is 18.2 Å². The smallest absolute Gasteiger partial charge is 0.230 e. The predicted octanol–water partition coefficient (Wildman–Crippen LogP) is 2.63. The second kappa shape index (κ2) is 5.94. The van der Waals surface area contributed by atoms with Crippen molar-refractivity contribution in [2.24, 2.45) is 11.7 Å². The van der Waals surface area contributed by atoms with Crippen molar-refractivity contribution in [2.75, 3.05) is 12.3 Å². The molecule has 1 heterocycles. The first-order valence-corrected chi connectivity index (χ1v) is 8.90. The van der Waals surface area contributed by atoms with E-state index in [1.807, 2.05) is 25.1 Å². The van der Waals surface area contributed by atoms with Crippen LogP contribution in [0.1, 0.15) is 19.8 Å². The number of hydrogen-bond donors (Lipinski definition) is 2. The second-order valence-electron chi connectivity index (χ2n) is 5.68. The lowest BCUT2D eigenvalue weighted by molar-refractivity contribution is -0.120. The Morgan fingerprint density at radius 1 is 1.52 bits per heavy atom. The Morgan fingerprint density at radius 3 is 2.95 bits per heavy atom. The van der Waals surface area contributed by atoms with E-state index in [0.717, 1.165) is 14.6 Å². The summed E-state index contributed by atoms with van der Waals surface area (Å²) in [5.41, 5.74) is 6.57. The Morgan fingerprint density at radius 2 is 2.29 bits per heavy atom. The first-order chi connectivity index (χ1) is 10.1. The number of carbonyl (C=O) groups excluding carboxylic acids is 1. The van der Waals surface area contributed by atoms with Crippen molar-refractivity contribution in [2.45, 2.75) is 29.6 Å². The molecule has 4 nitrogen and oxygen atoms in total. The molecule has 1 aliphatic carbocycles. The summed E-state index contributed by atoms with van der Waals surface area (Å²) < 4.78 is 2.09. The third-order valence-corrected chi connectivity index (χ3v) is 6.11. The van der Waals surface area contributed by atoms with Gasteiger partial charge in [0.15, 0.2) is 4.34 Å². The summed E-state index contributed by atoms with van der Waals surface area (Å²) in [5.74, 6) is 0.972. The van der Waals surface area contributed by atoms with Crippen molar-refractivity contribution in [3.05, 3.63) is 24.3 Å². The number of carbonyl (C=O) groups is 1. The maximum atomic E-state index is 12.1. The van der Waals surface area contributed by atoms with Gasteiger partial charge >= 0.3 is 0 Å². The molecule has 2 aromatic rings. The molecule has 1 atom stereocenters. The van der Waals surface area contributed by atoms with Crippen molar-refractivity contribution in [1.82, 2.24) is 10.3 Å². The van der Waals surface area contributed by atoms with Gasteiger partial charge in [-0.15, -0.1) is 11.3 Å². The summed E-state index contributed by atoms with van der Waals surface area (Å²) in [4.78, 5) is 16.7. The molecule has 1 unspecified atom stereocenters. The van der Waals surface area contributed by atoms with Gasteiger partial charge in [-0.25, -0.2) is 4.98 Å². The normalized spacial score (nSPS) is 17.6. The number of amides is 1. The largest absolute Gasteiger partial charge is 0.349 e. The summed E-state index contributed by atoms with van der Waals surface area (Å²) in [6.45, 7) is 2.54. The minimum atomic E-state index is -0.245. The Labute approximate surface area is 132 Å². The quantitative estimate of drug-likeness (QED) is 0.803.